The van der Waals surface area contributed by atoms with Crippen LogP contribution < -0.4 is 4.74 Å². The van der Waals surface area contributed by atoms with Crippen LogP contribution in [0.1, 0.15) is 38.2 Å². The number of ether oxygens (including phenoxy) is 2. The van der Waals surface area contributed by atoms with E-state index in [1.807, 2.05) is 25.1 Å². The summed E-state index contributed by atoms with van der Waals surface area (Å²) in [7, 11) is 1.65. The van der Waals surface area contributed by atoms with Crippen molar-refractivity contribution in [2.45, 2.75) is 50.7 Å². The second-order valence-electron chi connectivity index (χ2n) is 5.39. The summed E-state index contributed by atoms with van der Waals surface area (Å²) in [4.78, 5) is 0. The summed E-state index contributed by atoms with van der Waals surface area (Å²) in [5, 5.41) is 10.6. The lowest BCUT2D eigenvalue weighted by molar-refractivity contribution is -0.115. The molecule has 1 aliphatic rings. The highest BCUT2D eigenvalue weighted by Gasteiger charge is 2.41. The van der Waals surface area contributed by atoms with E-state index in [1.54, 1.807) is 7.11 Å². The van der Waals surface area contributed by atoms with Crippen molar-refractivity contribution in [1.29, 1.82) is 0 Å². The Hall–Kier alpha value is -0.580. The zero-order valence-electron chi connectivity index (χ0n) is 12.2. The van der Waals surface area contributed by atoms with Crippen molar-refractivity contribution in [2.24, 2.45) is 0 Å². The van der Waals surface area contributed by atoms with E-state index in [0.29, 0.717) is 13.0 Å². The molecule has 1 atom stereocenters. The molecule has 0 spiro atoms. The zero-order valence-corrected chi connectivity index (χ0v) is 13.8. The Morgan fingerprint density at radius 3 is 2.60 bits per heavy atom. The van der Waals surface area contributed by atoms with Crippen LogP contribution in [0.25, 0.3) is 0 Å². The standard InChI is InChI=1S/C16H23BrO3/c1-3-20-16(8-4-5-9-16)15(18)11-12-6-7-14(19-2)13(17)10-12/h6-7,10,15,18H,3-5,8-9,11H2,1-2H3. The fourth-order valence-electron chi connectivity index (χ4n) is 3.08. The van der Waals surface area contributed by atoms with Crippen molar-refractivity contribution in [1.82, 2.24) is 0 Å². The molecule has 1 aliphatic carbocycles. The van der Waals surface area contributed by atoms with E-state index in [1.165, 1.54) is 0 Å². The van der Waals surface area contributed by atoms with Crippen LogP contribution in [-0.4, -0.2) is 30.5 Å². The molecule has 0 bridgehead atoms. The molecule has 3 nitrogen and oxygen atoms in total. The van der Waals surface area contributed by atoms with Gasteiger partial charge in [0.2, 0.25) is 0 Å². The predicted octanol–water partition coefficient (Wildman–Crippen LogP) is 3.71. The van der Waals surface area contributed by atoms with Crippen molar-refractivity contribution >= 4 is 15.9 Å². The van der Waals surface area contributed by atoms with E-state index in [2.05, 4.69) is 15.9 Å². The number of hydrogen-bond acceptors (Lipinski definition) is 3. The minimum Gasteiger partial charge on any atom is -0.496 e. The van der Waals surface area contributed by atoms with Gasteiger partial charge in [-0.15, -0.1) is 0 Å². The van der Waals surface area contributed by atoms with E-state index < -0.39 is 6.10 Å². The van der Waals surface area contributed by atoms with E-state index in [4.69, 9.17) is 9.47 Å². The second-order valence-corrected chi connectivity index (χ2v) is 6.25. The molecule has 0 amide bonds. The number of rotatable bonds is 6. The van der Waals surface area contributed by atoms with Gasteiger partial charge in [-0.2, -0.15) is 0 Å². The third kappa shape index (κ3) is 3.35. The smallest absolute Gasteiger partial charge is 0.133 e. The summed E-state index contributed by atoms with van der Waals surface area (Å²) in [6.45, 7) is 2.65. The molecule has 0 saturated heterocycles. The number of aliphatic hydroxyl groups excluding tert-OH is 1. The van der Waals surface area contributed by atoms with Gasteiger partial charge < -0.3 is 14.6 Å². The van der Waals surface area contributed by atoms with Crippen molar-refractivity contribution in [3.8, 4) is 5.75 Å². The Balaban J connectivity index is 2.10. The Labute approximate surface area is 129 Å². The van der Waals surface area contributed by atoms with Gasteiger partial charge in [0.05, 0.1) is 23.3 Å². The van der Waals surface area contributed by atoms with E-state index >= 15 is 0 Å². The molecule has 2 rings (SSSR count). The van der Waals surface area contributed by atoms with Crippen LogP contribution in [0.5, 0.6) is 5.75 Å². The topological polar surface area (TPSA) is 38.7 Å². The first-order valence-corrected chi connectivity index (χ1v) is 8.05. The molecule has 20 heavy (non-hydrogen) atoms. The largest absolute Gasteiger partial charge is 0.496 e. The number of benzene rings is 1. The molecule has 1 aromatic rings. The van der Waals surface area contributed by atoms with Crippen LogP contribution in [0.2, 0.25) is 0 Å². The van der Waals surface area contributed by atoms with Crippen LogP contribution in [0.4, 0.5) is 0 Å². The summed E-state index contributed by atoms with van der Waals surface area (Å²) in [5.41, 5.74) is 0.748. The second kappa shape index (κ2) is 6.92. The van der Waals surface area contributed by atoms with E-state index in [-0.39, 0.29) is 5.60 Å². The highest BCUT2D eigenvalue weighted by molar-refractivity contribution is 9.10. The van der Waals surface area contributed by atoms with Gasteiger partial charge >= 0.3 is 0 Å². The van der Waals surface area contributed by atoms with Crippen LogP contribution in [-0.2, 0) is 11.2 Å². The molecule has 0 aliphatic heterocycles. The monoisotopic (exact) mass is 342 g/mol. The number of hydrogen-bond donors (Lipinski definition) is 1. The third-order valence-corrected chi connectivity index (χ3v) is 4.75. The van der Waals surface area contributed by atoms with Gasteiger partial charge in [0.25, 0.3) is 0 Å². The maximum absolute atomic E-state index is 10.6. The predicted molar refractivity (Wildman–Crippen MR) is 83.2 cm³/mol. The molecular weight excluding hydrogens is 320 g/mol. The summed E-state index contributed by atoms with van der Waals surface area (Å²) < 4.78 is 12.1. The minimum atomic E-state index is -0.453. The number of halogens is 1. The minimum absolute atomic E-state index is 0.346. The highest BCUT2D eigenvalue weighted by Crippen LogP contribution is 2.37. The van der Waals surface area contributed by atoms with Crippen LogP contribution in [0.3, 0.4) is 0 Å². The fraction of sp³-hybridized carbons (Fsp3) is 0.625. The fourth-order valence-corrected chi connectivity index (χ4v) is 3.67. The molecule has 0 aromatic heterocycles. The quantitative estimate of drug-likeness (QED) is 0.856. The molecule has 1 unspecified atom stereocenters. The first-order chi connectivity index (χ1) is 9.61. The molecule has 4 heteroatoms. The third-order valence-electron chi connectivity index (χ3n) is 4.13. The van der Waals surface area contributed by atoms with Gasteiger partial charge in [0.1, 0.15) is 5.75 Å². The lowest BCUT2D eigenvalue weighted by Crippen LogP contribution is -2.43. The molecule has 1 N–H and O–H groups in total. The molecule has 1 saturated carbocycles. The lowest BCUT2D eigenvalue weighted by Gasteiger charge is -2.34. The maximum Gasteiger partial charge on any atom is 0.133 e. The van der Waals surface area contributed by atoms with Crippen molar-refractivity contribution in [3.05, 3.63) is 28.2 Å². The van der Waals surface area contributed by atoms with Gasteiger partial charge in [-0.1, -0.05) is 18.9 Å². The Morgan fingerprint density at radius 1 is 1.35 bits per heavy atom. The Morgan fingerprint density at radius 2 is 2.05 bits per heavy atom. The SMILES string of the molecule is CCOC1(C(O)Cc2ccc(OC)c(Br)c2)CCCC1. The number of methoxy groups -OCH3 is 1. The highest BCUT2D eigenvalue weighted by atomic mass is 79.9. The van der Waals surface area contributed by atoms with Gasteiger partial charge in [-0.05, 0) is 53.4 Å². The lowest BCUT2D eigenvalue weighted by atomic mass is 9.89. The van der Waals surface area contributed by atoms with Crippen molar-refractivity contribution in [3.63, 3.8) is 0 Å². The molecule has 0 radical (unpaired) electrons. The molecule has 1 aromatic carbocycles. The Kier molecular flexibility index (Phi) is 5.47. The molecular formula is C16H23BrO3. The maximum atomic E-state index is 10.6. The first kappa shape index (κ1) is 15.8. The van der Waals surface area contributed by atoms with Gasteiger partial charge in [-0.25, -0.2) is 0 Å². The first-order valence-electron chi connectivity index (χ1n) is 7.26. The molecule has 112 valence electrons. The average molecular weight is 343 g/mol. The van der Waals surface area contributed by atoms with Crippen LogP contribution in [0.15, 0.2) is 22.7 Å². The summed E-state index contributed by atoms with van der Waals surface area (Å²) in [5.74, 6) is 0.809. The summed E-state index contributed by atoms with van der Waals surface area (Å²) in [6.07, 6.45) is 4.36. The van der Waals surface area contributed by atoms with Crippen molar-refractivity contribution < 1.29 is 14.6 Å². The van der Waals surface area contributed by atoms with Gasteiger partial charge in [0.15, 0.2) is 0 Å². The zero-order chi connectivity index (χ0) is 14.6. The number of aliphatic hydroxyl groups is 1. The molecule has 1 fully saturated rings. The average Bonchev–Trinajstić information content (AvgIpc) is 2.89. The van der Waals surface area contributed by atoms with E-state index in [0.717, 1.165) is 41.5 Å². The summed E-state index contributed by atoms with van der Waals surface area (Å²) >= 11 is 3.49. The van der Waals surface area contributed by atoms with Crippen molar-refractivity contribution in [2.75, 3.05) is 13.7 Å². The summed E-state index contributed by atoms with van der Waals surface area (Å²) in [6, 6.07) is 5.94. The van der Waals surface area contributed by atoms with Crippen LogP contribution in [0, 0.1) is 0 Å². The van der Waals surface area contributed by atoms with Gasteiger partial charge in [0, 0.05) is 13.0 Å². The Bertz CT molecular complexity index is 441. The van der Waals surface area contributed by atoms with Gasteiger partial charge in [-0.3, -0.25) is 0 Å². The normalized spacial score (nSPS) is 19.0. The molecule has 0 heterocycles. The van der Waals surface area contributed by atoms with Crippen LogP contribution >= 0.6 is 15.9 Å². The van der Waals surface area contributed by atoms with E-state index in [9.17, 15) is 5.11 Å².